The van der Waals surface area contributed by atoms with Crippen LogP contribution in [0.3, 0.4) is 0 Å². The quantitative estimate of drug-likeness (QED) is 0.337. The van der Waals surface area contributed by atoms with Gasteiger partial charge in [0.05, 0.1) is 24.4 Å². The minimum atomic E-state index is 0.0437. The Bertz CT molecular complexity index is 1260. The Morgan fingerprint density at radius 2 is 1.82 bits per heavy atom. The molecule has 208 valence electrons. The van der Waals surface area contributed by atoms with Gasteiger partial charge in [-0.3, -0.25) is 9.79 Å². The van der Waals surface area contributed by atoms with Gasteiger partial charge in [-0.25, -0.2) is 4.98 Å². The molecule has 2 fully saturated rings. The van der Waals surface area contributed by atoms with Crippen molar-refractivity contribution < 1.29 is 35.5 Å². The van der Waals surface area contributed by atoms with Crippen LogP contribution in [0.15, 0.2) is 53.7 Å². The summed E-state index contributed by atoms with van der Waals surface area (Å²) < 4.78 is 12.1. The molecule has 0 saturated carbocycles. The molecule has 1 amide bonds. The number of piperazine rings is 1. The number of rotatable bonds is 5. The number of ether oxygens (including phenoxy) is 2. The molecule has 1 atom stereocenters. The molecule has 1 aromatic heterocycles. The molecule has 8 nitrogen and oxygen atoms in total. The van der Waals surface area contributed by atoms with E-state index in [1.54, 1.807) is 7.11 Å². The first kappa shape index (κ1) is 29.1. The van der Waals surface area contributed by atoms with E-state index in [-0.39, 0.29) is 33.2 Å². The smallest absolute Gasteiger partial charge is 0.310 e. The molecule has 6 rings (SSSR count). The number of hydrogen-bond acceptors (Lipinski definition) is 7. The lowest BCUT2D eigenvalue weighted by Crippen LogP contribution is -3.61. The van der Waals surface area contributed by atoms with Crippen molar-refractivity contribution in [2.24, 2.45) is 4.99 Å². The minimum absolute atomic E-state index is 0.0437. The molecule has 9 heteroatoms. The molecular formula is C30H39IN5O3+. The van der Waals surface area contributed by atoms with E-state index >= 15 is 0 Å². The van der Waals surface area contributed by atoms with E-state index in [1.807, 2.05) is 67.6 Å². The number of benzene rings is 2. The van der Waals surface area contributed by atoms with Crippen LogP contribution in [0, 0.1) is 0 Å². The van der Waals surface area contributed by atoms with Crippen molar-refractivity contribution >= 4 is 34.4 Å². The van der Waals surface area contributed by atoms with Gasteiger partial charge in [-0.15, -0.1) is 0 Å². The van der Waals surface area contributed by atoms with Crippen LogP contribution in [-0.4, -0.2) is 77.4 Å². The average Bonchev–Trinajstić information content (AvgIpc) is 3.44. The lowest BCUT2D eigenvalue weighted by atomic mass is 10.0. The third-order valence-corrected chi connectivity index (χ3v) is 7.76. The second-order valence-electron chi connectivity index (χ2n) is 9.15. The predicted molar refractivity (Wildman–Crippen MR) is 155 cm³/mol. The first-order chi connectivity index (χ1) is 19.2. The molecule has 4 heterocycles. The maximum atomic E-state index is 12.9. The lowest BCUT2D eigenvalue weighted by molar-refractivity contribution is -0.653. The summed E-state index contributed by atoms with van der Waals surface area (Å²) in [6.45, 7) is 9.07. The van der Waals surface area contributed by atoms with E-state index in [0.717, 1.165) is 78.2 Å². The highest BCUT2D eigenvalue weighted by molar-refractivity contribution is 6.07. The Morgan fingerprint density at radius 1 is 1.05 bits per heavy atom. The summed E-state index contributed by atoms with van der Waals surface area (Å²) in [6.07, 6.45) is 5.80. The number of methoxy groups -OCH3 is 1. The number of amides is 1. The second-order valence-corrected chi connectivity index (χ2v) is 11.3. The van der Waals surface area contributed by atoms with E-state index in [4.69, 9.17) is 9.47 Å². The third-order valence-electron chi connectivity index (χ3n) is 6.82. The van der Waals surface area contributed by atoms with Crippen molar-refractivity contribution in [3.8, 4) is 11.5 Å². The first-order valence-corrected chi connectivity index (χ1v) is 17.3. The Kier molecular flexibility index (Phi) is 10.8. The van der Waals surface area contributed by atoms with Gasteiger partial charge in [0.25, 0.3) is 10.5 Å². The fourth-order valence-electron chi connectivity index (χ4n) is 4.92. The van der Waals surface area contributed by atoms with E-state index in [0.29, 0.717) is 11.3 Å². The number of hydrogen-bond donors (Lipinski definition) is 1. The molecule has 3 aromatic rings. The van der Waals surface area contributed by atoms with Gasteiger partial charge in [0, 0.05) is 45.1 Å². The second kappa shape index (κ2) is 14.5. The molecule has 2 saturated heterocycles. The maximum absolute atomic E-state index is 12.9. The molecular weight excluding hydrogens is 605 g/mol. The minimum Gasteiger partial charge on any atom is -0.493 e. The van der Waals surface area contributed by atoms with Crippen LogP contribution in [0.2, 0.25) is 0 Å². The number of halogens is 1. The zero-order valence-corrected chi connectivity index (χ0v) is 25.5. The Labute approximate surface area is 242 Å². The van der Waals surface area contributed by atoms with Crippen molar-refractivity contribution in [3.63, 3.8) is 0 Å². The number of anilines is 1. The molecule has 39 heavy (non-hydrogen) atoms. The van der Waals surface area contributed by atoms with Crippen LogP contribution < -0.4 is 40.9 Å². The number of aliphatic imine (C=N–C) groups is 1. The monoisotopic (exact) mass is 644 g/mol. The van der Waals surface area contributed by atoms with E-state index in [9.17, 15) is 4.79 Å². The van der Waals surface area contributed by atoms with Gasteiger partial charge < -0.3 is 24.6 Å². The van der Waals surface area contributed by atoms with Gasteiger partial charge in [0.1, 0.15) is 10.7 Å². The van der Waals surface area contributed by atoms with Crippen molar-refractivity contribution in [2.75, 3.05) is 54.3 Å². The molecule has 0 bridgehead atoms. The first-order valence-electron chi connectivity index (χ1n) is 13.6. The molecule has 3 aliphatic heterocycles. The highest BCUT2D eigenvalue weighted by Gasteiger charge is 2.31. The zero-order chi connectivity index (χ0) is 27.6. The van der Waals surface area contributed by atoms with Gasteiger partial charge in [-0.1, -0.05) is 19.9 Å². The number of alkyl halides is 2. The van der Waals surface area contributed by atoms with Crippen LogP contribution >= 0.6 is 0 Å². The van der Waals surface area contributed by atoms with Crippen LogP contribution in [0.4, 0.5) is 11.5 Å². The average molecular weight is 645 g/mol. The molecule has 2 aromatic carbocycles. The molecule has 1 N–H and O–H groups in total. The number of nitrogens with zero attached hydrogens (tertiary/aromatic N) is 4. The number of carbonyl (C=O) groups excluding carboxylic acids is 1. The number of carbonyl (C=O) groups is 1. The van der Waals surface area contributed by atoms with Crippen molar-refractivity contribution in [1.82, 2.24) is 15.2 Å². The summed E-state index contributed by atoms with van der Waals surface area (Å²) in [5.74, 6) is 2.63. The maximum Gasteiger partial charge on any atom is 0.310 e. The topological polar surface area (TPSA) is 79.3 Å². The predicted octanol–water partition coefficient (Wildman–Crippen LogP) is 1.74. The van der Waals surface area contributed by atoms with E-state index in [2.05, 4.69) is 31.2 Å². The Morgan fingerprint density at radius 3 is 2.54 bits per heavy atom. The van der Waals surface area contributed by atoms with Gasteiger partial charge in [-0.05, 0) is 60.0 Å². The van der Waals surface area contributed by atoms with E-state index < -0.39 is 0 Å². The molecule has 3 aliphatic rings. The normalized spacial score (nSPS) is 17.7. The Balaban J connectivity index is 0.000000211. The summed E-state index contributed by atoms with van der Waals surface area (Å²) >= 11 is 0.0437. The molecule has 0 spiro atoms. The summed E-state index contributed by atoms with van der Waals surface area (Å²) in [7, 11) is 1.64. The van der Waals surface area contributed by atoms with Gasteiger partial charge in [-0.2, -0.15) is 0 Å². The van der Waals surface area contributed by atoms with Crippen LogP contribution in [0.1, 0.15) is 37.0 Å². The number of fused-ring (bicyclic) bond motifs is 3. The lowest BCUT2D eigenvalue weighted by Gasteiger charge is -2.28. The highest BCUT2D eigenvalue weighted by atomic mass is 127. The number of pyridine rings is 1. The molecule has 0 aliphatic carbocycles. The molecule has 1 unspecified atom stereocenters. The highest BCUT2D eigenvalue weighted by Crippen LogP contribution is 2.37. The standard InChI is InChI=1S/C19H20IN2O3.C9H13N3.C2H6/c1-20-11-25-18-9-13-7-16-15(6-12(13)8-17(18)24-2)19(23)22-5-3-4-14(22)10-21-16;1-2-4-11-9(3-1)12-7-5-10-6-8-12;1-2/h6-10,14H,3-5,11H2,1-2H3;1-4,10H,5-8H2;1-2H3/q+1;;. The third kappa shape index (κ3) is 7.00. The van der Waals surface area contributed by atoms with Crippen LogP contribution in [-0.2, 0) is 0 Å². The van der Waals surface area contributed by atoms with Crippen molar-refractivity contribution in [3.05, 3.63) is 54.2 Å². The van der Waals surface area contributed by atoms with Gasteiger partial charge in [0.2, 0.25) is 0 Å². The number of nitrogens with one attached hydrogen (secondary N) is 1. The fraction of sp³-hybridized carbons (Fsp3) is 0.433. The fourth-order valence-corrected chi connectivity index (χ4v) is 5.56. The summed E-state index contributed by atoms with van der Waals surface area (Å²) in [5, 5.41) is 5.29. The van der Waals surface area contributed by atoms with Gasteiger partial charge >= 0.3 is 21.2 Å². The summed E-state index contributed by atoms with van der Waals surface area (Å²) in [4.78, 5) is 28.2. The SMILES string of the molecule is CC.COc1cc2cc3c(cc2cc1OC[I+]C)N=CC1CCCN1C3=O.c1ccc(N2CCNCC2)nc1. The summed E-state index contributed by atoms with van der Waals surface area (Å²) in [5.41, 5.74) is 1.41. The summed E-state index contributed by atoms with van der Waals surface area (Å²) in [6, 6.07) is 14.0. The van der Waals surface area contributed by atoms with E-state index in [1.165, 1.54) is 0 Å². The largest absolute Gasteiger partial charge is 0.493 e. The van der Waals surface area contributed by atoms with Gasteiger partial charge in [0.15, 0.2) is 11.5 Å². The van der Waals surface area contributed by atoms with Crippen molar-refractivity contribution in [2.45, 2.75) is 32.7 Å². The van der Waals surface area contributed by atoms with Crippen LogP contribution in [0.5, 0.6) is 11.5 Å². The van der Waals surface area contributed by atoms with Crippen LogP contribution in [0.25, 0.3) is 10.8 Å². The zero-order valence-electron chi connectivity index (χ0n) is 23.3. The number of aromatic nitrogens is 1. The van der Waals surface area contributed by atoms with Crippen molar-refractivity contribution in [1.29, 1.82) is 0 Å². The molecule has 0 radical (unpaired) electrons. The Hall–Kier alpha value is -2.92.